The molecule has 0 atom stereocenters. The van der Waals surface area contributed by atoms with E-state index in [1.807, 2.05) is 12.1 Å². The third-order valence-electron chi connectivity index (χ3n) is 16.7. The van der Waals surface area contributed by atoms with Gasteiger partial charge in [-0.25, -0.2) is 0 Å². The van der Waals surface area contributed by atoms with Gasteiger partial charge in [-0.05, 0) is 217 Å². The number of para-hydroxylation sites is 2. The third kappa shape index (κ3) is 18.4. The fourth-order valence-electron chi connectivity index (χ4n) is 11.3. The Kier molecular flexibility index (Phi) is 21.7. The predicted molar refractivity (Wildman–Crippen MR) is 417 cm³/mol. The molecule has 0 fully saturated rings. The molecule has 526 valence electrons. The Balaban J connectivity index is 0.760. The third-order valence-corrected chi connectivity index (χ3v) is 16.7. The molecule has 0 radical (unpaired) electrons. The molecule has 0 spiro atoms. The number of benzene rings is 11. The molecule has 10 amide bonds. The van der Waals surface area contributed by atoms with Crippen LogP contribution < -0.4 is 53.2 Å². The molecule has 10 N–H and O–H groups in total. The van der Waals surface area contributed by atoms with Crippen molar-refractivity contribution in [3.8, 4) is 22.4 Å². The Hall–Kier alpha value is -15.6. The lowest BCUT2D eigenvalue weighted by atomic mass is 9.97. The Morgan fingerprint density at radius 1 is 0.176 bits per heavy atom. The first kappa shape index (κ1) is 70.8. The quantitative estimate of drug-likeness (QED) is 0.0303. The van der Waals surface area contributed by atoms with Gasteiger partial charge in [0, 0.05) is 137 Å². The van der Waals surface area contributed by atoms with Crippen LogP contribution >= 0.6 is 0 Å². The molecule has 0 unspecified atom stereocenters. The summed E-state index contributed by atoms with van der Waals surface area (Å²) in [5, 5.41) is 28.6. The number of rotatable bonds is 22. The van der Waals surface area contributed by atoms with Crippen molar-refractivity contribution in [2.75, 3.05) is 53.2 Å². The van der Waals surface area contributed by atoms with E-state index in [4.69, 9.17) is 0 Å². The highest BCUT2D eigenvalue weighted by molar-refractivity contribution is 6.14. The van der Waals surface area contributed by atoms with E-state index in [9.17, 15) is 47.9 Å². The summed E-state index contributed by atoms with van der Waals surface area (Å²) in [6, 6.07) is 79.7. The average Bonchev–Trinajstić information content (AvgIpc) is 0.793. The molecule has 0 aliphatic rings. The van der Waals surface area contributed by atoms with Gasteiger partial charge in [-0.2, -0.15) is 0 Å². The Bertz CT molecular complexity index is 5490. The summed E-state index contributed by atoms with van der Waals surface area (Å²) in [7, 11) is 0. The Morgan fingerprint density at radius 3 is 0.843 bits per heavy atom. The van der Waals surface area contributed by atoms with E-state index < -0.39 is 47.3 Å². The van der Waals surface area contributed by atoms with Crippen molar-refractivity contribution in [3.05, 3.63) is 371 Å². The number of aromatic nitrogens is 2. The summed E-state index contributed by atoms with van der Waals surface area (Å²) >= 11 is 0. The Morgan fingerprint density at radius 2 is 0.435 bits per heavy atom. The second kappa shape index (κ2) is 33.0. The maximum atomic E-state index is 14.8. The minimum Gasteiger partial charge on any atom is -0.322 e. The maximum absolute atomic E-state index is 14.8. The molecule has 22 nitrogen and oxygen atoms in total. The number of hydrogen-bond acceptors (Lipinski definition) is 12. The van der Waals surface area contributed by atoms with Crippen LogP contribution in [0.25, 0.3) is 22.4 Å². The first-order valence-corrected chi connectivity index (χ1v) is 33.6. The molecule has 0 aliphatic heterocycles. The largest absolute Gasteiger partial charge is 0.322 e. The molecule has 0 bridgehead atoms. The number of pyridine rings is 2. The number of nitrogens with one attached hydrogen (secondary N) is 10. The van der Waals surface area contributed by atoms with Gasteiger partial charge in [0.05, 0.1) is 5.69 Å². The highest BCUT2D eigenvalue weighted by atomic mass is 16.2. The van der Waals surface area contributed by atoms with E-state index in [0.717, 1.165) is 0 Å². The van der Waals surface area contributed by atoms with E-state index in [-0.39, 0.29) is 84.6 Å². The molecule has 2 aromatic heterocycles. The molecule has 13 rings (SSSR count). The fourth-order valence-corrected chi connectivity index (χ4v) is 11.3. The second-order valence-electron chi connectivity index (χ2n) is 24.4. The van der Waals surface area contributed by atoms with E-state index in [0.29, 0.717) is 62.1 Å². The number of anilines is 10. The van der Waals surface area contributed by atoms with Crippen LogP contribution in [0.15, 0.2) is 316 Å². The van der Waals surface area contributed by atoms with Gasteiger partial charge in [-0.15, -0.1) is 0 Å². The minimum atomic E-state index is -0.698. The van der Waals surface area contributed by atoms with Crippen LogP contribution in [0, 0.1) is 0 Å². The smallest absolute Gasteiger partial charge is 0.255 e. The fraction of sp³-hybridized carbons (Fsp3) is 0. The topological polar surface area (TPSA) is 317 Å². The van der Waals surface area contributed by atoms with Crippen molar-refractivity contribution in [3.63, 3.8) is 0 Å². The summed E-state index contributed by atoms with van der Waals surface area (Å²) in [5.41, 5.74) is 7.15. The van der Waals surface area contributed by atoms with E-state index in [1.165, 1.54) is 54.7 Å². The summed E-state index contributed by atoms with van der Waals surface area (Å²) in [6.45, 7) is 0. The molecule has 0 aliphatic carbocycles. The van der Waals surface area contributed by atoms with Crippen molar-refractivity contribution in [2.45, 2.75) is 0 Å². The first-order valence-electron chi connectivity index (χ1n) is 33.6. The highest BCUT2D eigenvalue weighted by Crippen LogP contribution is 2.32. The zero-order valence-electron chi connectivity index (χ0n) is 57.0. The molecule has 11 aromatic carbocycles. The van der Waals surface area contributed by atoms with Gasteiger partial charge >= 0.3 is 0 Å². The van der Waals surface area contributed by atoms with Crippen LogP contribution in [0.4, 0.5) is 56.9 Å². The van der Waals surface area contributed by atoms with Crippen molar-refractivity contribution >= 4 is 116 Å². The van der Waals surface area contributed by atoms with Crippen molar-refractivity contribution in [1.29, 1.82) is 0 Å². The van der Waals surface area contributed by atoms with Gasteiger partial charge in [0.15, 0.2) is 0 Å². The lowest BCUT2D eigenvalue weighted by molar-refractivity contribution is 0.101. The van der Waals surface area contributed by atoms with Crippen LogP contribution in [0.5, 0.6) is 0 Å². The van der Waals surface area contributed by atoms with Crippen molar-refractivity contribution in [1.82, 2.24) is 9.97 Å². The summed E-state index contributed by atoms with van der Waals surface area (Å²) in [6.07, 6.45) is 4.67. The standard InChI is InChI=1S/C86H62N12O10/c99-77(54-14-4-1-5-15-54)92-69-24-12-26-71(49-69)94-85(107)64-44-62(63-47-74(97-83(105)60-18-10-16-58(42-60)81(103)89-66-20-6-2-7-21-66)51-75(48-63)98-84(106)61-19-11-17-59(43-61)82(104)90-67-22-8-3-9-23-67)45-65(46-64)86(108)95-72-27-13-25-70(50-72)93-79(101)55-30-28-53(29-31-55)76-52-73(38-41-88-76)96-80(102)57-34-32-56(33-35-57)78(100)91-68-36-39-87-40-37-68/h1-52H,(H,89,103)(H,90,104)(H,92,99)(H,93,101)(H,94,107)(H,95,108)(H,97,105)(H,98,106)(H,87,91,100)(H,88,96,102). The molecule has 2 heterocycles. The molecule has 22 heteroatoms. The monoisotopic (exact) mass is 1420 g/mol. The van der Waals surface area contributed by atoms with E-state index in [2.05, 4.69) is 63.1 Å². The molecule has 0 saturated carbocycles. The normalized spacial score (nSPS) is 10.6. The molecule has 0 saturated heterocycles. The van der Waals surface area contributed by atoms with Crippen LogP contribution in [0.2, 0.25) is 0 Å². The minimum absolute atomic E-state index is 0.0284. The molecule has 13 aromatic rings. The summed E-state index contributed by atoms with van der Waals surface area (Å²) in [4.78, 5) is 147. The highest BCUT2D eigenvalue weighted by Gasteiger charge is 2.21. The van der Waals surface area contributed by atoms with Crippen LogP contribution in [0.1, 0.15) is 104 Å². The zero-order valence-corrected chi connectivity index (χ0v) is 57.0. The number of hydrogen-bond donors (Lipinski definition) is 10. The van der Waals surface area contributed by atoms with Gasteiger partial charge in [0.2, 0.25) is 0 Å². The van der Waals surface area contributed by atoms with Crippen LogP contribution in [-0.2, 0) is 0 Å². The number of nitrogens with zero attached hydrogens (tertiary/aromatic N) is 2. The summed E-state index contributed by atoms with van der Waals surface area (Å²) < 4.78 is 0. The Labute approximate surface area is 617 Å². The zero-order chi connectivity index (χ0) is 74.9. The number of carbonyl (C=O) groups is 10. The lowest BCUT2D eigenvalue weighted by Crippen LogP contribution is -2.17. The molecule has 108 heavy (non-hydrogen) atoms. The van der Waals surface area contributed by atoms with Crippen LogP contribution in [0.3, 0.4) is 0 Å². The summed E-state index contributed by atoms with van der Waals surface area (Å²) in [5.74, 6) is -5.22. The van der Waals surface area contributed by atoms with E-state index >= 15 is 0 Å². The predicted octanol–water partition coefficient (Wildman–Crippen LogP) is 16.3. The average molecular weight is 1420 g/mol. The van der Waals surface area contributed by atoms with Gasteiger partial charge < -0.3 is 53.2 Å². The SMILES string of the molecule is O=C(Nc1ccncc1)c1ccc(C(=O)Nc2ccnc(-c3ccc(C(=O)Nc4cccc(NC(=O)c5cc(C(=O)Nc6cccc(NC(=O)c7ccccc7)c6)cc(-c6cc(NC(=O)c7cccc(C(=O)Nc8ccccc8)c7)cc(NC(=O)c7cccc(C(=O)Nc8ccccc8)c7)c6)c5)c4)cc3)c2)cc1. The van der Waals surface area contributed by atoms with Gasteiger partial charge in [0.1, 0.15) is 0 Å². The second-order valence-corrected chi connectivity index (χ2v) is 24.4. The first-order chi connectivity index (χ1) is 52.5. The molecular weight excluding hydrogens is 1360 g/mol. The van der Waals surface area contributed by atoms with Gasteiger partial charge in [-0.1, -0.05) is 91.0 Å². The molecular formula is C86H62N12O10. The van der Waals surface area contributed by atoms with Crippen molar-refractivity contribution in [2.24, 2.45) is 0 Å². The number of amides is 10. The maximum Gasteiger partial charge on any atom is 0.255 e. The number of carbonyl (C=O) groups excluding carboxylic acids is 10. The van der Waals surface area contributed by atoms with Gasteiger partial charge in [-0.3, -0.25) is 57.9 Å². The van der Waals surface area contributed by atoms with Crippen LogP contribution in [-0.4, -0.2) is 69.0 Å². The van der Waals surface area contributed by atoms with Gasteiger partial charge in [0.25, 0.3) is 59.1 Å². The van der Waals surface area contributed by atoms with Crippen molar-refractivity contribution < 1.29 is 47.9 Å². The lowest BCUT2D eigenvalue weighted by Gasteiger charge is -2.16. The van der Waals surface area contributed by atoms with E-state index in [1.54, 1.807) is 249 Å².